The zero-order chi connectivity index (χ0) is 11.6. The van der Waals surface area contributed by atoms with Crippen LogP contribution in [0.5, 0.6) is 5.75 Å². The Labute approximate surface area is 97.7 Å². The number of benzene rings is 1. The number of phenols is 1. The molecule has 1 aromatic carbocycles. The first-order chi connectivity index (χ1) is 7.55. The van der Waals surface area contributed by atoms with Crippen molar-refractivity contribution >= 4 is 5.69 Å². The van der Waals surface area contributed by atoms with E-state index >= 15 is 0 Å². The highest BCUT2D eigenvalue weighted by molar-refractivity contribution is 5.46. The fourth-order valence-electron chi connectivity index (χ4n) is 2.61. The van der Waals surface area contributed by atoms with Gasteiger partial charge >= 0.3 is 0 Å². The molecule has 2 heteroatoms. The van der Waals surface area contributed by atoms with E-state index in [9.17, 15) is 5.11 Å². The second-order valence-corrected chi connectivity index (χ2v) is 5.65. The molecule has 2 rings (SSSR count). The molecule has 0 heterocycles. The predicted octanol–water partition coefficient (Wildman–Crippen LogP) is 3.77. The highest BCUT2D eigenvalue weighted by Gasteiger charge is 2.27. The van der Waals surface area contributed by atoms with Gasteiger partial charge in [0.05, 0.1) is 0 Å². The first-order valence-corrected chi connectivity index (χ1v) is 6.11. The van der Waals surface area contributed by atoms with Crippen LogP contribution in [0.25, 0.3) is 0 Å². The molecule has 2 nitrogen and oxygen atoms in total. The molecule has 1 aromatic rings. The van der Waals surface area contributed by atoms with Crippen LogP contribution in [0.1, 0.15) is 39.5 Å². The van der Waals surface area contributed by atoms with Crippen molar-refractivity contribution in [1.82, 2.24) is 0 Å². The van der Waals surface area contributed by atoms with Crippen molar-refractivity contribution in [3.8, 4) is 5.75 Å². The molecule has 1 unspecified atom stereocenters. The van der Waals surface area contributed by atoms with Crippen molar-refractivity contribution in [3.05, 3.63) is 24.3 Å². The van der Waals surface area contributed by atoms with Gasteiger partial charge in [-0.15, -0.1) is 0 Å². The molecule has 1 atom stereocenters. The van der Waals surface area contributed by atoms with Crippen LogP contribution in [0.15, 0.2) is 24.3 Å². The van der Waals surface area contributed by atoms with E-state index in [4.69, 9.17) is 0 Å². The Balaban J connectivity index is 1.97. The first-order valence-electron chi connectivity index (χ1n) is 6.11. The predicted molar refractivity (Wildman–Crippen MR) is 67.8 cm³/mol. The van der Waals surface area contributed by atoms with Crippen LogP contribution in [0.2, 0.25) is 0 Å². The van der Waals surface area contributed by atoms with Gasteiger partial charge in [0.25, 0.3) is 0 Å². The van der Waals surface area contributed by atoms with E-state index in [2.05, 4.69) is 19.2 Å². The molecule has 0 amide bonds. The zero-order valence-corrected chi connectivity index (χ0v) is 10.2. The van der Waals surface area contributed by atoms with Gasteiger partial charge in [0, 0.05) is 11.7 Å². The van der Waals surface area contributed by atoms with Crippen LogP contribution in [0, 0.1) is 5.41 Å². The molecule has 0 radical (unpaired) electrons. The van der Waals surface area contributed by atoms with Crippen LogP contribution in [0.3, 0.4) is 0 Å². The monoisotopic (exact) mass is 219 g/mol. The molecule has 1 aliphatic rings. The number of hydrogen-bond acceptors (Lipinski definition) is 2. The second-order valence-electron chi connectivity index (χ2n) is 5.65. The Hall–Kier alpha value is -1.18. The Bertz CT molecular complexity index is 342. The largest absolute Gasteiger partial charge is 0.508 e. The fraction of sp³-hybridized carbons (Fsp3) is 0.571. The third-order valence-corrected chi connectivity index (χ3v) is 3.44. The summed E-state index contributed by atoms with van der Waals surface area (Å²) >= 11 is 0. The Morgan fingerprint density at radius 1 is 1.25 bits per heavy atom. The number of rotatable bonds is 2. The summed E-state index contributed by atoms with van der Waals surface area (Å²) in [6.45, 7) is 4.69. The van der Waals surface area contributed by atoms with E-state index in [1.54, 1.807) is 12.1 Å². The Morgan fingerprint density at radius 3 is 2.56 bits per heavy atom. The van der Waals surface area contributed by atoms with Crippen LogP contribution >= 0.6 is 0 Å². The van der Waals surface area contributed by atoms with E-state index in [1.165, 1.54) is 25.7 Å². The van der Waals surface area contributed by atoms with Crippen molar-refractivity contribution in [2.75, 3.05) is 5.32 Å². The van der Waals surface area contributed by atoms with Gasteiger partial charge in [0.1, 0.15) is 5.75 Å². The van der Waals surface area contributed by atoms with E-state index in [-0.39, 0.29) is 0 Å². The summed E-state index contributed by atoms with van der Waals surface area (Å²) in [5.41, 5.74) is 1.58. The quantitative estimate of drug-likeness (QED) is 0.742. The molecule has 1 fully saturated rings. The normalized spacial score (nSPS) is 24.0. The van der Waals surface area contributed by atoms with Gasteiger partial charge in [0.15, 0.2) is 0 Å². The van der Waals surface area contributed by atoms with Crippen LogP contribution in [-0.4, -0.2) is 11.1 Å². The smallest absolute Gasteiger partial charge is 0.115 e. The summed E-state index contributed by atoms with van der Waals surface area (Å²) in [6, 6.07) is 7.92. The number of aromatic hydroxyl groups is 1. The molecule has 1 aliphatic carbocycles. The first kappa shape index (κ1) is 11.3. The standard InChI is InChI=1S/C14H21NO/c1-14(2)9-3-4-12(10-14)15-11-5-7-13(16)8-6-11/h5-8,12,15-16H,3-4,9-10H2,1-2H3. The van der Waals surface area contributed by atoms with E-state index in [1.807, 2.05) is 12.1 Å². The molecule has 0 spiro atoms. The molecule has 0 saturated heterocycles. The minimum atomic E-state index is 0.328. The van der Waals surface area contributed by atoms with Gasteiger partial charge in [-0.25, -0.2) is 0 Å². The topological polar surface area (TPSA) is 32.3 Å². The van der Waals surface area contributed by atoms with Crippen molar-refractivity contribution in [2.24, 2.45) is 5.41 Å². The minimum Gasteiger partial charge on any atom is -0.508 e. The lowest BCUT2D eigenvalue weighted by molar-refractivity contribution is 0.229. The molecule has 1 saturated carbocycles. The van der Waals surface area contributed by atoms with Crippen LogP contribution in [-0.2, 0) is 0 Å². The Kier molecular flexibility index (Phi) is 3.08. The molecule has 88 valence electrons. The number of hydrogen-bond donors (Lipinski definition) is 2. The lowest BCUT2D eigenvalue weighted by Crippen LogP contribution is -2.31. The maximum Gasteiger partial charge on any atom is 0.115 e. The van der Waals surface area contributed by atoms with E-state index < -0.39 is 0 Å². The molecular formula is C14H21NO. The summed E-state index contributed by atoms with van der Waals surface area (Å²) in [5.74, 6) is 0.328. The highest BCUT2D eigenvalue weighted by atomic mass is 16.3. The molecule has 2 N–H and O–H groups in total. The average molecular weight is 219 g/mol. The lowest BCUT2D eigenvalue weighted by atomic mass is 9.75. The van der Waals surface area contributed by atoms with E-state index in [0.29, 0.717) is 17.2 Å². The van der Waals surface area contributed by atoms with Crippen molar-refractivity contribution in [3.63, 3.8) is 0 Å². The maximum absolute atomic E-state index is 9.22. The SMILES string of the molecule is CC1(C)CCCC(Nc2ccc(O)cc2)C1. The lowest BCUT2D eigenvalue weighted by Gasteiger charge is -2.36. The summed E-state index contributed by atoms with van der Waals surface area (Å²) in [5, 5.41) is 12.8. The minimum absolute atomic E-state index is 0.328. The highest BCUT2D eigenvalue weighted by Crippen LogP contribution is 2.36. The summed E-state index contributed by atoms with van der Waals surface area (Å²) in [6.07, 6.45) is 5.13. The number of phenolic OH excluding ortho intramolecular Hbond substituents is 1. The third-order valence-electron chi connectivity index (χ3n) is 3.44. The summed E-state index contributed by atoms with van der Waals surface area (Å²) in [7, 11) is 0. The number of nitrogens with one attached hydrogen (secondary N) is 1. The van der Waals surface area contributed by atoms with Gasteiger partial charge in [-0.2, -0.15) is 0 Å². The van der Waals surface area contributed by atoms with Gasteiger partial charge < -0.3 is 10.4 Å². The summed E-state index contributed by atoms with van der Waals surface area (Å²) in [4.78, 5) is 0. The second kappa shape index (κ2) is 4.36. The van der Waals surface area contributed by atoms with Crippen LogP contribution < -0.4 is 5.32 Å². The molecular weight excluding hydrogens is 198 g/mol. The molecule has 16 heavy (non-hydrogen) atoms. The molecule has 0 bridgehead atoms. The Morgan fingerprint density at radius 2 is 1.94 bits per heavy atom. The third kappa shape index (κ3) is 2.91. The molecule has 0 aromatic heterocycles. The molecule has 0 aliphatic heterocycles. The number of anilines is 1. The van der Waals surface area contributed by atoms with Gasteiger partial charge in [0.2, 0.25) is 0 Å². The van der Waals surface area contributed by atoms with E-state index in [0.717, 1.165) is 5.69 Å². The van der Waals surface area contributed by atoms with Gasteiger partial charge in [-0.05, 0) is 48.9 Å². The average Bonchev–Trinajstić information content (AvgIpc) is 2.20. The van der Waals surface area contributed by atoms with Gasteiger partial charge in [-0.1, -0.05) is 20.3 Å². The fourth-order valence-corrected chi connectivity index (χ4v) is 2.61. The zero-order valence-electron chi connectivity index (χ0n) is 10.2. The summed E-state index contributed by atoms with van der Waals surface area (Å²) < 4.78 is 0. The van der Waals surface area contributed by atoms with Crippen LogP contribution in [0.4, 0.5) is 5.69 Å². The van der Waals surface area contributed by atoms with Crippen molar-refractivity contribution in [2.45, 2.75) is 45.6 Å². The maximum atomic E-state index is 9.22. The van der Waals surface area contributed by atoms with Gasteiger partial charge in [-0.3, -0.25) is 0 Å². The van der Waals surface area contributed by atoms with Crippen molar-refractivity contribution < 1.29 is 5.11 Å². The van der Waals surface area contributed by atoms with Crippen molar-refractivity contribution in [1.29, 1.82) is 0 Å².